The number of nitrogens with two attached hydrogens (primary N) is 1. The van der Waals surface area contributed by atoms with Gasteiger partial charge in [-0.15, -0.1) is 0 Å². The van der Waals surface area contributed by atoms with E-state index in [1.54, 1.807) is 0 Å². The van der Waals surface area contributed by atoms with Crippen LogP contribution in [-0.4, -0.2) is 11.1 Å². The highest BCUT2D eigenvalue weighted by Gasteiger charge is 2.06. The second-order valence-corrected chi connectivity index (χ2v) is 3.96. The van der Waals surface area contributed by atoms with E-state index in [0.717, 1.165) is 22.5 Å². The summed E-state index contributed by atoms with van der Waals surface area (Å²) in [4.78, 5) is 0. The number of rotatable bonds is 2. The molecule has 0 aliphatic carbocycles. The summed E-state index contributed by atoms with van der Waals surface area (Å²) in [5, 5.41) is 2.40. The van der Waals surface area contributed by atoms with Gasteiger partial charge >= 0.3 is 0 Å². The minimum absolute atomic E-state index is 0.600. The third kappa shape index (κ3) is 1.61. The molecule has 2 aromatic rings. The van der Waals surface area contributed by atoms with Crippen molar-refractivity contribution in [2.45, 2.75) is 6.54 Å². The Balaban J connectivity index is 2.65. The highest BCUT2D eigenvalue weighted by atomic mass is 35.5. The zero-order valence-electron chi connectivity index (χ0n) is 7.50. The van der Waals surface area contributed by atoms with Crippen molar-refractivity contribution >= 4 is 34.1 Å². The van der Waals surface area contributed by atoms with Gasteiger partial charge in [0.25, 0.3) is 0 Å². The summed E-state index contributed by atoms with van der Waals surface area (Å²) in [7, 11) is 0. The molecule has 1 heterocycles. The van der Waals surface area contributed by atoms with Crippen LogP contribution in [0.25, 0.3) is 10.9 Å². The molecule has 0 saturated heterocycles. The molecule has 2 N–H and O–H groups in total. The SMILES string of the molecule is NCCn1cc(Cl)c2cc(Cl)ccc21. The summed E-state index contributed by atoms with van der Waals surface area (Å²) in [6, 6.07) is 5.68. The van der Waals surface area contributed by atoms with Gasteiger partial charge in [-0.25, -0.2) is 0 Å². The molecule has 0 fully saturated rings. The molecule has 1 aromatic heterocycles. The van der Waals surface area contributed by atoms with Gasteiger partial charge in [0.15, 0.2) is 0 Å². The predicted octanol–water partition coefficient (Wildman–Crippen LogP) is 2.91. The molecular formula is C10H10Cl2N2. The number of nitrogens with zero attached hydrogens (tertiary/aromatic N) is 1. The van der Waals surface area contributed by atoms with E-state index in [9.17, 15) is 0 Å². The summed E-state index contributed by atoms with van der Waals surface area (Å²) < 4.78 is 2.04. The van der Waals surface area contributed by atoms with Crippen molar-refractivity contribution < 1.29 is 0 Å². The topological polar surface area (TPSA) is 30.9 Å². The Hall–Kier alpha value is -0.700. The Labute approximate surface area is 92.2 Å². The maximum atomic E-state index is 6.07. The predicted molar refractivity (Wildman–Crippen MR) is 61.0 cm³/mol. The second kappa shape index (κ2) is 3.81. The van der Waals surface area contributed by atoms with Crippen LogP contribution in [0.5, 0.6) is 0 Å². The maximum absolute atomic E-state index is 6.07. The molecule has 0 radical (unpaired) electrons. The number of aromatic nitrogens is 1. The summed E-state index contributed by atoms with van der Waals surface area (Å²) >= 11 is 11.9. The van der Waals surface area contributed by atoms with E-state index in [1.807, 2.05) is 29.0 Å². The molecule has 2 rings (SSSR count). The molecule has 0 spiro atoms. The smallest absolute Gasteiger partial charge is 0.0662 e. The van der Waals surface area contributed by atoms with Crippen LogP contribution in [0.3, 0.4) is 0 Å². The molecule has 0 amide bonds. The minimum Gasteiger partial charge on any atom is -0.345 e. The second-order valence-electron chi connectivity index (χ2n) is 3.12. The first-order valence-electron chi connectivity index (χ1n) is 4.36. The van der Waals surface area contributed by atoms with Crippen LogP contribution < -0.4 is 5.73 Å². The molecular weight excluding hydrogens is 219 g/mol. The van der Waals surface area contributed by atoms with Crippen molar-refractivity contribution in [3.63, 3.8) is 0 Å². The van der Waals surface area contributed by atoms with Crippen molar-refractivity contribution in [3.8, 4) is 0 Å². The molecule has 0 aliphatic rings. The molecule has 1 aromatic carbocycles. The molecule has 0 bridgehead atoms. The Morgan fingerprint density at radius 1 is 1.29 bits per heavy atom. The molecule has 74 valence electrons. The van der Waals surface area contributed by atoms with Gasteiger partial charge in [0.2, 0.25) is 0 Å². The minimum atomic E-state index is 0.600. The summed E-state index contributed by atoms with van der Waals surface area (Å²) in [5.41, 5.74) is 6.57. The summed E-state index contributed by atoms with van der Waals surface area (Å²) in [5.74, 6) is 0. The Bertz CT molecular complexity index is 462. The lowest BCUT2D eigenvalue weighted by Crippen LogP contribution is -2.08. The van der Waals surface area contributed by atoms with E-state index in [-0.39, 0.29) is 0 Å². The van der Waals surface area contributed by atoms with Gasteiger partial charge in [0.1, 0.15) is 0 Å². The lowest BCUT2D eigenvalue weighted by molar-refractivity contribution is 0.735. The van der Waals surface area contributed by atoms with Crippen molar-refractivity contribution in [3.05, 3.63) is 34.4 Å². The molecule has 0 unspecified atom stereocenters. The number of hydrogen-bond acceptors (Lipinski definition) is 1. The number of hydrogen-bond donors (Lipinski definition) is 1. The molecule has 4 heteroatoms. The van der Waals surface area contributed by atoms with Gasteiger partial charge in [-0.3, -0.25) is 0 Å². The van der Waals surface area contributed by atoms with E-state index in [1.165, 1.54) is 0 Å². The quantitative estimate of drug-likeness (QED) is 0.843. The zero-order valence-corrected chi connectivity index (χ0v) is 9.02. The van der Waals surface area contributed by atoms with Gasteiger partial charge in [-0.2, -0.15) is 0 Å². The normalized spacial score (nSPS) is 11.1. The van der Waals surface area contributed by atoms with Crippen LogP contribution in [-0.2, 0) is 6.54 Å². The van der Waals surface area contributed by atoms with Gasteiger partial charge in [-0.05, 0) is 18.2 Å². The molecule has 14 heavy (non-hydrogen) atoms. The van der Waals surface area contributed by atoms with Crippen LogP contribution in [0.2, 0.25) is 10.0 Å². The first-order chi connectivity index (χ1) is 6.72. The fourth-order valence-electron chi connectivity index (χ4n) is 1.55. The van der Waals surface area contributed by atoms with Gasteiger partial charge < -0.3 is 10.3 Å². The highest BCUT2D eigenvalue weighted by Crippen LogP contribution is 2.28. The molecule has 0 saturated carbocycles. The standard InChI is InChI=1S/C10H10Cl2N2/c11-7-1-2-10-8(5-7)9(12)6-14(10)4-3-13/h1-2,5-6H,3-4,13H2. The average Bonchev–Trinajstić information content (AvgIpc) is 2.44. The van der Waals surface area contributed by atoms with Gasteiger partial charge in [0.05, 0.1) is 5.02 Å². The van der Waals surface area contributed by atoms with Gasteiger partial charge in [-0.1, -0.05) is 23.2 Å². The molecule has 2 nitrogen and oxygen atoms in total. The first-order valence-corrected chi connectivity index (χ1v) is 5.12. The van der Waals surface area contributed by atoms with E-state index in [0.29, 0.717) is 11.6 Å². The number of halogens is 2. The van der Waals surface area contributed by atoms with Crippen LogP contribution in [0.1, 0.15) is 0 Å². The van der Waals surface area contributed by atoms with E-state index < -0.39 is 0 Å². The third-order valence-electron chi connectivity index (χ3n) is 2.16. The maximum Gasteiger partial charge on any atom is 0.0662 e. The lowest BCUT2D eigenvalue weighted by atomic mass is 10.2. The van der Waals surface area contributed by atoms with Crippen molar-refractivity contribution in [1.82, 2.24) is 4.57 Å². The molecule has 0 aliphatic heterocycles. The first kappa shape index (κ1) is 9.84. The van der Waals surface area contributed by atoms with Crippen LogP contribution in [0.4, 0.5) is 0 Å². The van der Waals surface area contributed by atoms with E-state index in [4.69, 9.17) is 28.9 Å². The summed E-state index contributed by atoms with van der Waals surface area (Å²) in [6.45, 7) is 1.37. The van der Waals surface area contributed by atoms with Crippen molar-refractivity contribution in [2.24, 2.45) is 5.73 Å². The number of fused-ring (bicyclic) bond motifs is 1. The van der Waals surface area contributed by atoms with E-state index >= 15 is 0 Å². The fourth-order valence-corrected chi connectivity index (χ4v) is 1.99. The monoisotopic (exact) mass is 228 g/mol. The van der Waals surface area contributed by atoms with Crippen LogP contribution in [0, 0.1) is 0 Å². The Morgan fingerprint density at radius 2 is 2.07 bits per heavy atom. The Morgan fingerprint density at radius 3 is 2.79 bits per heavy atom. The van der Waals surface area contributed by atoms with Crippen molar-refractivity contribution in [2.75, 3.05) is 6.54 Å². The van der Waals surface area contributed by atoms with E-state index in [2.05, 4.69) is 0 Å². The lowest BCUT2D eigenvalue weighted by Gasteiger charge is -2.01. The largest absolute Gasteiger partial charge is 0.345 e. The average molecular weight is 229 g/mol. The van der Waals surface area contributed by atoms with Crippen LogP contribution in [0.15, 0.2) is 24.4 Å². The fraction of sp³-hybridized carbons (Fsp3) is 0.200. The third-order valence-corrected chi connectivity index (χ3v) is 2.70. The summed E-state index contributed by atoms with van der Waals surface area (Å²) in [6.07, 6.45) is 1.88. The number of benzene rings is 1. The molecule has 0 atom stereocenters. The van der Waals surface area contributed by atoms with Gasteiger partial charge in [0, 0.05) is 35.2 Å². The highest BCUT2D eigenvalue weighted by molar-refractivity contribution is 6.37. The zero-order chi connectivity index (χ0) is 10.1. The Kier molecular flexibility index (Phi) is 2.68. The van der Waals surface area contributed by atoms with Crippen LogP contribution >= 0.6 is 23.2 Å². The van der Waals surface area contributed by atoms with Crippen molar-refractivity contribution in [1.29, 1.82) is 0 Å².